The molecule has 0 aliphatic carbocycles. The van der Waals surface area contributed by atoms with E-state index in [1.54, 1.807) is 28.8 Å². The Labute approximate surface area is 127 Å². The third-order valence-corrected chi connectivity index (χ3v) is 5.50. The van der Waals surface area contributed by atoms with E-state index in [1.807, 2.05) is 6.92 Å². The number of rotatable bonds is 2. The maximum atomic E-state index is 12.9. The zero-order valence-electron chi connectivity index (χ0n) is 11.8. The van der Waals surface area contributed by atoms with Gasteiger partial charge in [0.25, 0.3) is 0 Å². The van der Waals surface area contributed by atoms with Gasteiger partial charge in [0.05, 0.1) is 17.0 Å². The fourth-order valence-corrected chi connectivity index (χ4v) is 4.12. The standard InChI is InChI=1S/C15H17NO4S/c1-15(6-3-9-21-15)14(19)16-7-8-20-12-10(13(17)18)4-2-5-11(12)16/h2,4-5H,3,6-9H2,1H3,(H,17,18). The molecule has 2 aliphatic rings. The van der Waals surface area contributed by atoms with E-state index in [2.05, 4.69) is 0 Å². The second kappa shape index (κ2) is 5.26. The summed E-state index contributed by atoms with van der Waals surface area (Å²) in [6.07, 6.45) is 1.90. The third-order valence-electron chi connectivity index (χ3n) is 3.99. The number of carbonyl (C=O) groups excluding carboxylic acids is 1. The molecular formula is C15H17NO4S. The minimum Gasteiger partial charge on any atom is -0.489 e. The molecule has 1 saturated heterocycles. The summed E-state index contributed by atoms with van der Waals surface area (Å²) in [4.78, 5) is 25.8. The van der Waals surface area contributed by atoms with Crippen LogP contribution in [0.4, 0.5) is 5.69 Å². The Morgan fingerprint density at radius 1 is 1.43 bits per heavy atom. The van der Waals surface area contributed by atoms with Gasteiger partial charge in [-0.05, 0) is 37.7 Å². The van der Waals surface area contributed by atoms with Gasteiger partial charge < -0.3 is 14.7 Å². The summed E-state index contributed by atoms with van der Waals surface area (Å²) in [5.41, 5.74) is 0.675. The predicted molar refractivity (Wildman–Crippen MR) is 81.3 cm³/mol. The molecule has 2 aliphatic heterocycles. The molecule has 0 spiro atoms. The lowest BCUT2D eigenvalue weighted by Gasteiger charge is -2.35. The molecule has 1 fully saturated rings. The number of hydrogen-bond donors (Lipinski definition) is 1. The Morgan fingerprint density at radius 2 is 2.24 bits per heavy atom. The number of thioether (sulfide) groups is 1. The van der Waals surface area contributed by atoms with Crippen molar-refractivity contribution in [2.75, 3.05) is 23.8 Å². The Bertz CT molecular complexity index is 595. The molecule has 1 aromatic rings. The number of nitrogens with zero attached hydrogens (tertiary/aromatic N) is 1. The highest BCUT2D eigenvalue weighted by Crippen LogP contribution is 2.42. The number of carboxylic acid groups (broad SMARTS) is 1. The summed E-state index contributed by atoms with van der Waals surface area (Å²) < 4.78 is 5.10. The molecule has 2 heterocycles. The highest BCUT2D eigenvalue weighted by Gasteiger charge is 2.42. The van der Waals surface area contributed by atoms with Crippen LogP contribution in [0.2, 0.25) is 0 Å². The number of carboxylic acids is 1. The van der Waals surface area contributed by atoms with Crippen LogP contribution in [0.15, 0.2) is 18.2 Å². The van der Waals surface area contributed by atoms with Gasteiger partial charge in [-0.25, -0.2) is 4.79 Å². The molecule has 3 rings (SSSR count). The average Bonchev–Trinajstić information content (AvgIpc) is 2.93. The van der Waals surface area contributed by atoms with E-state index in [9.17, 15) is 14.7 Å². The number of benzene rings is 1. The first-order valence-electron chi connectivity index (χ1n) is 6.98. The number of aromatic carboxylic acids is 1. The third kappa shape index (κ3) is 2.37. The van der Waals surface area contributed by atoms with Gasteiger partial charge in [-0.2, -0.15) is 0 Å². The van der Waals surface area contributed by atoms with Gasteiger partial charge in [0, 0.05) is 0 Å². The monoisotopic (exact) mass is 307 g/mol. The van der Waals surface area contributed by atoms with E-state index in [4.69, 9.17) is 4.74 Å². The summed E-state index contributed by atoms with van der Waals surface area (Å²) in [5, 5.41) is 9.24. The van der Waals surface area contributed by atoms with Crippen LogP contribution in [0.5, 0.6) is 5.75 Å². The molecule has 0 bridgehead atoms. The van der Waals surface area contributed by atoms with Crippen molar-refractivity contribution >= 4 is 29.3 Å². The van der Waals surface area contributed by atoms with Crippen LogP contribution in [0.25, 0.3) is 0 Å². The zero-order valence-corrected chi connectivity index (χ0v) is 12.6. The summed E-state index contributed by atoms with van der Waals surface area (Å²) >= 11 is 1.68. The summed E-state index contributed by atoms with van der Waals surface area (Å²) in [6, 6.07) is 4.91. The van der Waals surface area contributed by atoms with Gasteiger partial charge in [-0.1, -0.05) is 6.07 Å². The fraction of sp³-hybridized carbons (Fsp3) is 0.467. The molecule has 1 aromatic carbocycles. The quantitative estimate of drug-likeness (QED) is 0.908. The minimum absolute atomic E-state index is 0.0529. The molecule has 1 atom stereocenters. The van der Waals surface area contributed by atoms with Gasteiger partial charge >= 0.3 is 5.97 Å². The number of ether oxygens (including phenoxy) is 1. The van der Waals surface area contributed by atoms with E-state index in [0.717, 1.165) is 18.6 Å². The van der Waals surface area contributed by atoms with Crippen molar-refractivity contribution in [3.63, 3.8) is 0 Å². The van der Waals surface area contributed by atoms with Crippen molar-refractivity contribution in [3.8, 4) is 5.75 Å². The van der Waals surface area contributed by atoms with Crippen LogP contribution < -0.4 is 9.64 Å². The first kappa shape index (κ1) is 14.3. The first-order valence-corrected chi connectivity index (χ1v) is 7.96. The minimum atomic E-state index is -1.04. The van der Waals surface area contributed by atoms with E-state index in [0.29, 0.717) is 24.6 Å². The van der Waals surface area contributed by atoms with Gasteiger partial charge in [0.15, 0.2) is 5.75 Å². The highest BCUT2D eigenvalue weighted by molar-refractivity contribution is 8.01. The number of carbonyl (C=O) groups is 2. The van der Waals surface area contributed by atoms with E-state index >= 15 is 0 Å². The van der Waals surface area contributed by atoms with Gasteiger partial charge in [0.2, 0.25) is 5.91 Å². The van der Waals surface area contributed by atoms with Crippen LogP contribution in [0.3, 0.4) is 0 Å². The fourth-order valence-electron chi connectivity index (χ4n) is 2.86. The van der Waals surface area contributed by atoms with Crippen molar-refractivity contribution in [2.45, 2.75) is 24.5 Å². The first-order chi connectivity index (χ1) is 10.0. The van der Waals surface area contributed by atoms with Gasteiger partial charge in [-0.15, -0.1) is 11.8 Å². The number of anilines is 1. The van der Waals surface area contributed by atoms with Gasteiger partial charge in [0.1, 0.15) is 12.2 Å². The largest absolute Gasteiger partial charge is 0.489 e. The number of fused-ring (bicyclic) bond motifs is 1. The molecule has 1 amide bonds. The van der Waals surface area contributed by atoms with Crippen molar-refractivity contribution in [1.82, 2.24) is 0 Å². The smallest absolute Gasteiger partial charge is 0.339 e. The normalized spacial score (nSPS) is 24.3. The molecule has 6 heteroatoms. The molecule has 112 valence electrons. The Hall–Kier alpha value is -1.69. The van der Waals surface area contributed by atoms with E-state index in [-0.39, 0.29) is 11.5 Å². The summed E-state index contributed by atoms with van der Waals surface area (Å²) in [5.74, 6) is 0.310. The Morgan fingerprint density at radius 3 is 2.90 bits per heavy atom. The Balaban J connectivity index is 1.99. The number of amides is 1. The molecule has 1 N–H and O–H groups in total. The molecule has 0 saturated carbocycles. The summed E-state index contributed by atoms with van der Waals surface area (Å²) in [7, 11) is 0. The maximum Gasteiger partial charge on any atom is 0.339 e. The topological polar surface area (TPSA) is 66.8 Å². The Kier molecular flexibility index (Phi) is 3.57. The SMILES string of the molecule is CC1(C(=O)N2CCOc3c(C(=O)O)cccc32)CCCS1. The van der Waals surface area contributed by atoms with Crippen molar-refractivity contribution in [3.05, 3.63) is 23.8 Å². The summed E-state index contributed by atoms with van der Waals surface area (Å²) in [6.45, 7) is 2.76. The predicted octanol–water partition coefficient (Wildman–Crippen LogP) is 2.40. The lowest BCUT2D eigenvalue weighted by Crippen LogP contribution is -2.47. The second-order valence-electron chi connectivity index (χ2n) is 5.45. The maximum absolute atomic E-state index is 12.9. The van der Waals surface area contributed by atoms with E-state index in [1.165, 1.54) is 6.07 Å². The molecule has 0 aromatic heterocycles. The lowest BCUT2D eigenvalue weighted by molar-refractivity contribution is -0.120. The van der Waals surface area contributed by atoms with Crippen LogP contribution in [0, 0.1) is 0 Å². The molecule has 1 unspecified atom stereocenters. The van der Waals surface area contributed by atoms with E-state index < -0.39 is 10.7 Å². The van der Waals surface area contributed by atoms with Crippen molar-refractivity contribution in [1.29, 1.82) is 0 Å². The van der Waals surface area contributed by atoms with Crippen LogP contribution in [0.1, 0.15) is 30.1 Å². The molecule has 0 radical (unpaired) electrons. The number of para-hydroxylation sites is 1. The van der Waals surface area contributed by atoms with Crippen molar-refractivity contribution < 1.29 is 19.4 Å². The molecule has 5 nitrogen and oxygen atoms in total. The molecule has 21 heavy (non-hydrogen) atoms. The lowest BCUT2D eigenvalue weighted by atomic mass is 10.0. The van der Waals surface area contributed by atoms with Gasteiger partial charge in [-0.3, -0.25) is 4.79 Å². The number of hydrogen-bond acceptors (Lipinski definition) is 4. The zero-order chi connectivity index (χ0) is 15.0. The van der Waals surface area contributed by atoms with Crippen LogP contribution in [-0.4, -0.2) is 40.6 Å². The van der Waals surface area contributed by atoms with Crippen LogP contribution >= 0.6 is 11.8 Å². The highest BCUT2D eigenvalue weighted by atomic mass is 32.2. The van der Waals surface area contributed by atoms with Crippen molar-refractivity contribution in [2.24, 2.45) is 0 Å². The van der Waals surface area contributed by atoms with Crippen LogP contribution in [-0.2, 0) is 4.79 Å². The molecular weight excluding hydrogens is 290 g/mol. The second-order valence-corrected chi connectivity index (χ2v) is 7.05. The average molecular weight is 307 g/mol.